The van der Waals surface area contributed by atoms with Gasteiger partial charge in [-0.1, -0.05) is 12.1 Å². The maximum Gasteiger partial charge on any atom is 0.415 e. The number of nitrogens with zero attached hydrogens (tertiary/aromatic N) is 1. The number of carbonyl (C=O) groups is 1. The lowest BCUT2D eigenvalue weighted by Crippen LogP contribution is -2.05. The second kappa shape index (κ2) is 4.37. The molecule has 0 unspecified atom stereocenters. The molecule has 16 heavy (non-hydrogen) atoms. The quantitative estimate of drug-likeness (QED) is 0.830. The van der Waals surface area contributed by atoms with Gasteiger partial charge in [0.2, 0.25) is 0 Å². The lowest BCUT2D eigenvalue weighted by atomic mass is 10.1. The van der Waals surface area contributed by atoms with Crippen molar-refractivity contribution in [1.29, 1.82) is 0 Å². The Labute approximate surface area is 92.7 Å². The Hall–Kier alpha value is -1.81. The Morgan fingerprint density at radius 1 is 1.31 bits per heavy atom. The molecule has 4 nitrogen and oxygen atoms in total. The number of carboxylic acid groups (broad SMARTS) is 1. The molecule has 0 fully saturated rings. The minimum absolute atomic E-state index is 0.149. The van der Waals surface area contributed by atoms with E-state index in [1.807, 2.05) is 12.1 Å². The molecule has 1 heterocycles. The van der Waals surface area contributed by atoms with Gasteiger partial charge in [-0.05, 0) is 30.5 Å². The Morgan fingerprint density at radius 3 is 2.81 bits per heavy atom. The molecule has 0 bridgehead atoms. The molecule has 4 heteroatoms. The van der Waals surface area contributed by atoms with Crippen LogP contribution < -0.4 is 0 Å². The van der Waals surface area contributed by atoms with Gasteiger partial charge in [0.25, 0.3) is 0 Å². The molecular formula is C12H13NO3. The van der Waals surface area contributed by atoms with Crippen LogP contribution in [0.25, 0.3) is 10.9 Å². The van der Waals surface area contributed by atoms with Crippen LogP contribution in [0, 0.1) is 0 Å². The maximum absolute atomic E-state index is 10.9. The molecule has 0 spiro atoms. The van der Waals surface area contributed by atoms with Crippen LogP contribution in [0.4, 0.5) is 4.79 Å². The third-order valence-corrected chi connectivity index (χ3v) is 2.63. The highest BCUT2D eigenvalue weighted by Gasteiger charge is 2.08. The molecule has 2 aromatic rings. The van der Waals surface area contributed by atoms with Gasteiger partial charge in [-0.15, -0.1) is 0 Å². The van der Waals surface area contributed by atoms with E-state index in [0.717, 1.165) is 17.4 Å². The molecule has 0 saturated carbocycles. The van der Waals surface area contributed by atoms with E-state index in [0.29, 0.717) is 11.9 Å². The zero-order chi connectivity index (χ0) is 11.5. The van der Waals surface area contributed by atoms with Gasteiger partial charge in [-0.25, -0.2) is 4.79 Å². The molecule has 2 N–H and O–H groups in total. The van der Waals surface area contributed by atoms with Gasteiger partial charge in [0, 0.05) is 18.2 Å². The number of aliphatic hydroxyl groups is 1. The van der Waals surface area contributed by atoms with Crippen molar-refractivity contribution < 1.29 is 15.0 Å². The standard InChI is InChI=1S/C12H13NO3/c14-8-2-4-9-3-1-5-11-10(9)6-7-13(11)12(15)16/h1,3,5-7,14H,2,4,8H2,(H,15,16). The van der Waals surface area contributed by atoms with Crippen LogP contribution in [0.2, 0.25) is 0 Å². The summed E-state index contributed by atoms with van der Waals surface area (Å²) in [6, 6.07) is 7.39. The van der Waals surface area contributed by atoms with Crippen molar-refractivity contribution in [2.45, 2.75) is 12.8 Å². The number of hydrogen-bond donors (Lipinski definition) is 2. The van der Waals surface area contributed by atoms with Gasteiger partial charge in [-0.3, -0.25) is 4.57 Å². The van der Waals surface area contributed by atoms with Crippen molar-refractivity contribution in [3.63, 3.8) is 0 Å². The van der Waals surface area contributed by atoms with E-state index in [9.17, 15) is 4.79 Å². The molecule has 2 rings (SSSR count). The summed E-state index contributed by atoms with van der Waals surface area (Å²) in [5.41, 5.74) is 1.77. The Bertz CT molecular complexity index is 516. The third kappa shape index (κ3) is 1.79. The maximum atomic E-state index is 10.9. The van der Waals surface area contributed by atoms with E-state index in [1.54, 1.807) is 18.3 Å². The summed E-state index contributed by atoms with van der Waals surface area (Å²) >= 11 is 0. The van der Waals surface area contributed by atoms with Crippen molar-refractivity contribution in [2.24, 2.45) is 0 Å². The fraction of sp³-hybridized carbons (Fsp3) is 0.250. The lowest BCUT2D eigenvalue weighted by molar-refractivity contribution is 0.197. The zero-order valence-electron chi connectivity index (χ0n) is 8.76. The first-order chi connectivity index (χ1) is 7.74. The molecule has 0 saturated heterocycles. The van der Waals surface area contributed by atoms with Crippen LogP contribution in [-0.4, -0.2) is 27.5 Å². The molecule has 1 aromatic carbocycles. The summed E-state index contributed by atoms with van der Waals surface area (Å²) in [5.74, 6) is 0. The lowest BCUT2D eigenvalue weighted by Gasteiger charge is -2.03. The highest BCUT2D eigenvalue weighted by Crippen LogP contribution is 2.21. The predicted molar refractivity (Wildman–Crippen MR) is 60.8 cm³/mol. The third-order valence-electron chi connectivity index (χ3n) is 2.63. The van der Waals surface area contributed by atoms with Crippen molar-refractivity contribution in [2.75, 3.05) is 6.61 Å². The minimum Gasteiger partial charge on any atom is -0.464 e. The second-order valence-electron chi connectivity index (χ2n) is 3.65. The van der Waals surface area contributed by atoms with E-state index in [-0.39, 0.29) is 6.61 Å². The fourth-order valence-electron chi connectivity index (χ4n) is 1.89. The minimum atomic E-state index is -0.977. The largest absolute Gasteiger partial charge is 0.464 e. The van der Waals surface area contributed by atoms with E-state index in [1.165, 1.54) is 4.57 Å². The van der Waals surface area contributed by atoms with Crippen LogP contribution in [-0.2, 0) is 6.42 Å². The summed E-state index contributed by atoms with van der Waals surface area (Å²) in [4.78, 5) is 10.9. The number of aryl methyl sites for hydroxylation is 1. The topological polar surface area (TPSA) is 62.5 Å². The smallest absolute Gasteiger partial charge is 0.415 e. The molecule has 0 aliphatic rings. The van der Waals surface area contributed by atoms with Crippen molar-refractivity contribution in [1.82, 2.24) is 4.57 Å². The first-order valence-corrected chi connectivity index (χ1v) is 5.17. The highest BCUT2D eigenvalue weighted by atomic mass is 16.4. The van der Waals surface area contributed by atoms with E-state index >= 15 is 0 Å². The number of hydrogen-bond acceptors (Lipinski definition) is 2. The molecule has 84 valence electrons. The van der Waals surface area contributed by atoms with Crippen LogP contribution in [0.15, 0.2) is 30.5 Å². The summed E-state index contributed by atoms with van der Waals surface area (Å²) in [6.07, 6.45) is 2.03. The molecule has 0 amide bonds. The molecule has 1 aromatic heterocycles. The summed E-state index contributed by atoms with van der Waals surface area (Å²) < 4.78 is 1.21. The van der Waals surface area contributed by atoms with Gasteiger partial charge >= 0.3 is 6.09 Å². The van der Waals surface area contributed by atoms with Crippen molar-refractivity contribution in [3.05, 3.63) is 36.0 Å². The predicted octanol–water partition coefficient (Wildman–Crippen LogP) is 2.09. The monoisotopic (exact) mass is 219 g/mol. The molecular weight excluding hydrogens is 206 g/mol. The molecule has 0 radical (unpaired) electrons. The van der Waals surface area contributed by atoms with E-state index < -0.39 is 6.09 Å². The molecule has 0 aliphatic carbocycles. The Balaban J connectivity index is 2.49. The van der Waals surface area contributed by atoms with Crippen LogP contribution in [0.1, 0.15) is 12.0 Å². The first kappa shape index (κ1) is 10.7. The first-order valence-electron chi connectivity index (χ1n) is 5.17. The van der Waals surface area contributed by atoms with E-state index in [2.05, 4.69) is 0 Å². The Kier molecular flexibility index (Phi) is 2.92. The van der Waals surface area contributed by atoms with Crippen LogP contribution in [0.5, 0.6) is 0 Å². The van der Waals surface area contributed by atoms with Gasteiger partial charge in [0.05, 0.1) is 5.52 Å². The summed E-state index contributed by atoms with van der Waals surface area (Å²) in [5, 5.41) is 18.7. The number of benzene rings is 1. The van der Waals surface area contributed by atoms with Crippen molar-refractivity contribution in [3.8, 4) is 0 Å². The fourth-order valence-corrected chi connectivity index (χ4v) is 1.89. The number of aromatic nitrogens is 1. The second-order valence-corrected chi connectivity index (χ2v) is 3.65. The van der Waals surface area contributed by atoms with Crippen LogP contribution >= 0.6 is 0 Å². The molecule has 0 aliphatic heterocycles. The summed E-state index contributed by atoms with van der Waals surface area (Å²) in [6.45, 7) is 0.149. The SMILES string of the molecule is O=C(O)n1ccc2c(CCCO)cccc21. The van der Waals surface area contributed by atoms with Crippen molar-refractivity contribution >= 4 is 17.0 Å². The summed E-state index contributed by atoms with van der Waals surface area (Å²) in [7, 11) is 0. The number of fused-ring (bicyclic) bond motifs is 1. The normalized spacial score (nSPS) is 10.8. The van der Waals surface area contributed by atoms with Gasteiger partial charge in [0.1, 0.15) is 0 Å². The number of aliphatic hydroxyl groups excluding tert-OH is 1. The average molecular weight is 219 g/mol. The Morgan fingerprint density at radius 2 is 2.12 bits per heavy atom. The van der Waals surface area contributed by atoms with Gasteiger partial charge < -0.3 is 10.2 Å². The molecule has 0 atom stereocenters. The van der Waals surface area contributed by atoms with Gasteiger partial charge in [-0.2, -0.15) is 0 Å². The van der Waals surface area contributed by atoms with Gasteiger partial charge in [0.15, 0.2) is 0 Å². The highest BCUT2D eigenvalue weighted by molar-refractivity contribution is 5.90. The number of rotatable bonds is 3. The average Bonchev–Trinajstić information content (AvgIpc) is 2.70. The zero-order valence-corrected chi connectivity index (χ0v) is 8.76. The van der Waals surface area contributed by atoms with Crippen LogP contribution in [0.3, 0.4) is 0 Å². The van der Waals surface area contributed by atoms with E-state index in [4.69, 9.17) is 10.2 Å².